The van der Waals surface area contributed by atoms with E-state index in [0.717, 1.165) is 0 Å². The molecule has 1 unspecified atom stereocenters. The van der Waals surface area contributed by atoms with Gasteiger partial charge in [-0.25, -0.2) is 4.98 Å². The maximum Gasteiger partial charge on any atom is 0.322 e. The summed E-state index contributed by atoms with van der Waals surface area (Å²) < 4.78 is 4.62. The van der Waals surface area contributed by atoms with E-state index in [1.807, 2.05) is 0 Å². The average Bonchev–Trinajstić information content (AvgIpc) is 2.37. The van der Waals surface area contributed by atoms with Gasteiger partial charge in [-0.3, -0.25) is 14.6 Å². The van der Waals surface area contributed by atoms with Crippen LogP contribution < -0.4 is 0 Å². The zero-order valence-electron chi connectivity index (χ0n) is 10.6. The number of methoxy groups -OCH3 is 1. The van der Waals surface area contributed by atoms with Gasteiger partial charge in [0.1, 0.15) is 10.3 Å². The first kappa shape index (κ1) is 15.6. The van der Waals surface area contributed by atoms with Crippen molar-refractivity contribution in [2.24, 2.45) is 10.9 Å². The zero-order valence-corrected chi connectivity index (χ0v) is 12.1. The number of halogens is 2. The van der Waals surface area contributed by atoms with Gasteiger partial charge in [0.25, 0.3) is 0 Å². The van der Waals surface area contributed by atoms with Crippen molar-refractivity contribution in [2.45, 2.75) is 6.92 Å². The van der Waals surface area contributed by atoms with Gasteiger partial charge in [-0.05, 0) is 19.1 Å². The van der Waals surface area contributed by atoms with E-state index in [2.05, 4.69) is 14.7 Å². The van der Waals surface area contributed by atoms with Crippen molar-refractivity contribution in [1.29, 1.82) is 0 Å². The third kappa shape index (κ3) is 3.75. The van der Waals surface area contributed by atoms with Crippen LogP contribution in [-0.2, 0) is 9.53 Å². The van der Waals surface area contributed by atoms with Crippen LogP contribution in [-0.4, -0.2) is 36.6 Å². The van der Waals surface area contributed by atoms with E-state index in [1.165, 1.54) is 26.3 Å². The molecule has 0 aromatic carbocycles. The SMILES string of the molecule is CN=C(C)C(C(=O)OC)C(=O)c1cc(Cl)nc(Cl)c1. The van der Waals surface area contributed by atoms with Gasteiger partial charge in [-0.2, -0.15) is 0 Å². The summed E-state index contributed by atoms with van der Waals surface area (Å²) in [6, 6.07) is 2.68. The van der Waals surface area contributed by atoms with Crippen LogP contribution in [0.2, 0.25) is 10.3 Å². The second kappa shape index (κ2) is 6.63. The van der Waals surface area contributed by atoms with Crippen molar-refractivity contribution in [3.63, 3.8) is 0 Å². The molecule has 0 saturated carbocycles. The van der Waals surface area contributed by atoms with Crippen LogP contribution in [0, 0.1) is 5.92 Å². The summed E-state index contributed by atoms with van der Waals surface area (Å²) in [6.07, 6.45) is 0. The lowest BCUT2D eigenvalue weighted by molar-refractivity contribution is -0.141. The number of hydrogen-bond acceptors (Lipinski definition) is 5. The number of Topliss-reactive ketones (excluding diaryl/α,β-unsaturated/α-hetero) is 1. The first-order chi connectivity index (χ1) is 8.90. The highest BCUT2D eigenvalue weighted by atomic mass is 35.5. The summed E-state index contributed by atoms with van der Waals surface area (Å²) in [7, 11) is 2.70. The number of ketones is 1. The fourth-order valence-corrected chi connectivity index (χ4v) is 1.95. The van der Waals surface area contributed by atoms with Crippen molar-refractivity contribution < 1.29 is 14.3 Å². The van der Waals surface area contributed by atoms with Crippen LogP contribution in [0.5, 0.6) is 0 Å². The number of carbonyl (C=O) groups excluding carboxylic acids is 2. The lowest BCUT2D eigenvalue weighted by atomic mass is 9.94. The Morgan fingerprint density at radius 2 is 1.84 bits per heavy atom. The molecule has 0 aliphatic carbocycles. The Morgan fingerprint density at radius 3 is 2.26 bits per heavy atom. The molecular weight excluding hydrogens is 291 g/mol. The number of aliphatic imine (C=N–C) groups is 1. The minimum atomic E-state index is -1.11. The number of esters is 1. The molecule has 0 N–H and O–H groups in total. The summed E-state index contributed by atoms with van der Waals surface area (Å²) in [4.78, 5) is 31.6. The Labute approximate surface area is 120 Å². The van der Waals surface area contributed by atoms with Gasteiger partial charge in [0, 0.05) is 18.3 Å². The van der Waals surface area contributed by atoms with Crippen molar-refractivity contribution in [3.05, 3.63) is 28.0 Å². The van der Waals surface area contributed by atoms with Crippen molar-refractivity contribution >= 4 is 40.7 Å². The number of rotatable bonds is 4. The van der Waals surface area contributed by atoms with Crippen LogP contribution in [0.4, 0.5) is 0 Å². The standard InChI is InChI=1S/C12H12Cl2N2O3/c1-6(15-2)10(12(18)19-3)11(17)7-4-8(13)16-9(14)5-7/h4-5,10H,1-3H3. The van der Waals surface area contributed by atoms with Crippen LogP contribution in [0.25, 0.3) is 0 Å². The van der Waals surface area contributed by atoms with E-state index in [1.54, 1.807) is 6.92 Å². The summed E-state index contributed by atoms with van der Waals surface area (Å²) >= 11 is 11.5. The van der Waals surface area contributed by atoms with E-state index in [0.29, 0.717) is 5.71 Å². The first-order valence-corrected chi connectivity index (χ1v) is 6.04. The molecule has 1 atom stereocenters. The van der Waals surface area contributed by atoms with Crippen molar-refractivity contribution in [3.8, 4) is 0 Å². The summed E-state index contributed by atoms with van der Waals surface area (Å²) in [5.74, 6) is -2.28. The van der Waals surface area contributed by atoms with Gasteiger partial charge in [0.15, 0.2) is 11.7 Å². The topological polar surface area (TPSA) is 68.6 Å². The number of carbonyl (C=O) groups is 2. The number of nitrogens with zero attached hydrogens (tertiary/aromatic N) is 2. The normalized spacial score (nSPS) is 13.0. The minimum absolute atomic E-state index is 0.0746. The van der Waals surface area contributed by atoms with Crippen molar-refractivity contribution in [2.75, 3.05) is 14.2 Å². The molecule has 19 heavy (non-hydrogen) atoms. The Bertz CT molecular complexity index is 524. The fraction of sp³-hybridized carbons (Fsp3) is 0.333. The molecule has 102 valence electrons. The van der Waals surface area contributed by atoms with E-state index >= 15 is 0 Å². The van der Waals surface area contributed by atoms with Gasteiger partial charge in [0.05, 0.1) is 7.11 Å². The predicted octanol–water partition coefficient (Wildman–Crippen LogP) is 2.45. The Hall–Kier alpha value is -1.46. The highest BCUT2D eigenvalue weighted by Gasteiger charge is 2.31. The second-order valence-electron chi connectivity index (χ2n) is 3.69. The first-order valence-electron chi connectivity index (χ1n) is 5.29. The molecule has 1 aromatic rings. The Kier molecular flexibility index (Phi) is 5.44. The zero-order chi connectivity index (χ0) is 14.6. The number of aromatic nitrogens is 1. The largest absolute Gasteiger partial charge is 0.468 e. The number of ether oxygens (including phenoxy) is 1. The second-order valence-corrected chi connectivity index (χ2v) is 4.46. The molecule has 0 saturated heterocycles. The molecule has 0 fully saturated rings. The van der Waals surface area contributed by atoms with E-state index in [-0.39, 0.29) is 15.9 Å². The molecule has 1 aromatic heterocycles. The van der Waals surface area contributed by atoms with Gasteiger partial charge < -0.3 is 4.74 Å². The summed E-state index contributed by atoms with van der Waals surface area (Å²) in [6.45, 7) is 1.57. The molecule has 1 rings (SSSR count). The Morgan fingerprint density at radius 1 is 1.32 bits per heavy atom. The molecule has 7 heteroatoms. The monoisotopic (exact) mass is 302 g/mol. The minimum Gasteiger partial charge on any atom is -0.468 e. The highest BCUT2D eigenvalue weighted by molar-refractivity contribution is 6.33. The molecule has 0 radical (unpaired) electrons. The fourth-order valence-electron chi connectivity index (χ4n) is 1.49. The highest BCUT2D eigenvalue weighted by Crippen LogP contribution is 2.19. The van der Waals surface area contributed by atoms with Crippen LogP contribution in [0.15, 0.2) is 17.1 Å². The number of pyridine rings is 1. The summed E-state index contributed by atoms with van der Waals surface area (Å²) in [5, 5.41) is 0.149. The van der Waals surface area contributed by atoms with Gasteiger partial charge in [-0.1, -0.05) is 23.2 Å². The molecule has 0 spiro atoms. The summed E-state index contributed by atoms with van der Waals surface area (Å²) in [5.41, 5.74) is 0.532. The van der Waals surface area contributed by atoms with Gasteiger partial charge >= 0.3 is 5.97 Å². The Balaban J connectivity index is 3.23. The van der Waals surface area contributed by atoms with Crippen molar-refractivity contribution in [1.82, 2.24) is 4.98 Å². The third-order valence-corrected chi connectivity index (χ3v) is 2.90. The molecule has 0 aliphatic heterocycles. The van der Waals surface area contributed by atoms with Crippen LogP contribution >= 0.6 is 23.2 Å². The number of hydrogen-bond donors (Lipinski definition) is 0. The predicted molar refractivity (Wildman–Crippen MR) is 73.1 cm³/mol. The molecular formula is C12H12Cl2N2O3. The lowest BCUT2D eigenvalue weighted by Crippen LogP contribution is -2.31. The maximum absolute atomic E-state index is 12.3. The quantitative estimate of drug-likeness (QED) is 0.282. The van der Waals surface area contributed by atoms with Gasteiger partial charge in [0.2, 0.25) is 0 Å². The molecule has 1 heterocycles. The van der Waals surface area contributed by atoms with Crippen LogP contribution in [0.1, 0.15) is 17.3 Å². The van der Waals surface area contributed by atoms with Crippen LogP contribution in [0.3, 0.4) is 0 Å². The lowest BCUT2D eigenvalue weighted by Gasteiger charge is -2.13. The third-order valence-electron chi connectivity index (χ3n) is 2.52. The van der Waals surface area contributed by atoms with Gasteiger partial charge in [-0.15, -0.1) is 0 Å². The van der Waals surface area contributed by atoms with E-state index in [9.17, 15) is 9.59 Å². The van der Waals surface area contributed by atoms with E-state index < -0.39 is 17.7 Å². The molecule has 0 bridgehead atoms. The molecule has 5 nitrogen and oxygen atoms in total. The average molecular weight is 303 g/mol. The molecule has 0 amide bonds. The smallest absolute Gasteiger partial charge is 0.322 e. The molecule has 0 aliphatic rings. The maximum atomic E-state index is 12.3. The van der Waals surface area contributed by atoms with E-state index in [4.69, 9.17) is 23.2 Å².